The molecular weight excluding hydrogens is 440 g/mol. The number of hydrogen-bond acceptors (Lipinski definition) is 5. The van der Waals surface area contributed by atoms with Crippen molar-refractivity contribution >= 4 is 17.8 Å². The van der Waals surface area contributed by atoms with E-state index in [1.807, 2.05) is 0 Å². The van der Waals surface area contributed by atoms with Crippen LogP contribution >= 0.6 is 0 Å². The predicted octanol–water partition coefficient (Wildman–Crippen LogP) is 2.75. The van der Waals surface area contributed by atoms with Crippen LogP contribution < -0.4 is 5.32 Å². The van der Waals surface area contributed by atoms with Crippen molar-refractivity contribution < 1.29 is 67.8 Å². The SMILES string of the molecule is CC(C)OC(=O)C(NC(=O)C(F)(F)C(F)(F)F)C(C)OC(=O)C(F)(F)C(F)(F)F. The highest BCUT2D eigenvalue weighted by Crippen LogP contribution is 2.37. The Bertz CT molecular complexity index is 628. The van der Waals surface area contributed by atoms with Crippen LogP contribution in [0.3, 0.4) is 0 Å². The maximum atomic E-state index is 13.0. The van der Waals surface area contributed by atoms with E-state index in [9.17, 15) is 58.3 Å². The Morgan fingerprint density at radius 2 is 1.14 bits per heavy atom. The minimum absolute atomic E-state index is 0.378. The van der Waals surface area contributed by atoms with Gasteiger partial charge in [-0.2, -0.15) is 43.9 Å². The smallest absolute Gasteiger partial charge is 0.461 e. The molecular formula is C13H13F10NO5. The van der Waals surface area contributed by atoms with Crippen molar-refractivity contribution in [1.29, 1.82) is 0 Å². The standard InChI is InChI=1S/C13H13F10NO5/c1-4(2)28-7(25)6(24-8(26)10(14,15)12(18,19)20)5(3)29-9(27)11(16,17)13(21,22)23/h4-6H,1-3H3,(H,24,26). The minimum Gasteiger partial charge on any atom is -0.461 e. The molecule has 0 aliphatic rings. The lowest BCUT2D eigenvalue weighted by Gasteiger charge is -2.28. The molecule has 0 heterocycles. The summed E-state index contributed by atoms with van der Waals surface area (Å²) in [5.74, 6) is -20.5. The zero-order valence-corrected chi connectivity index (χ0v) is 14.6. The number of hydrogen-bond donors (Lipinski definition) is 1. The number of nitrogens with one attached hydrogen (secondary N) is 1. The van der Waals surface area contributed by atoms with Crippen molar-refractivity contribution in [2.45, 2.75) is 63.2 Å². The maximum Gasteiger partial charge on any atom is 0.465 e. The molecule has 0 fully saturated rings. The van der Waals surface area contributed by atoms with Crippen molar-refractivity contribution in [2.24, 2.45) is 0 Å². The second-order valence-corrected chi connectivity index (χ2v) is 5.69. The van der Waals surface area contributed by atoms with Crippen LogP contribution in [0.5, 0.6) is 0 Å². The fourth-order valence-corrected chi connectivity index (χ4v) is 1.46. The third-order valence-electron chi connectivity index (χ3n) is 2.91. The van der Waals surface area contributed by atoms with Crippen LogP contribution in [0.25, 0.3) is 0 Å². The summed E-state index contributed by atoms with van der Waals surface area (Å²) in [4.78, 5) is 34.0. The number of alkyl halides is 10. The molecule has 16 heteroatoms. The molecule has 0 saturated carbocycles. The molecule has 6 nitrogen and oxygen atoms in total. The molecule has 0 aliphatic carbocycles. The molecule has 2 unspecified atom stereocenters. The van der Waals surface area contributed by atoms with E-state index in [1.165, 1.54) is 0 Å². The number of carbonyl (C=O) groups is 3. The molecule has 0 aliphatic heterocycles. The number of rotatable bonds is 7. The molecule has 170 valence electrons. The van der Waals surface area contributed by atoms with E-state index in [0.717, 1.165) is 19.2 Å². The molecule has 0 aromatic heterocycles. The lowest BCUT2D eigenvalue weighted by molar-refractivity contribution is -0.282. The van der Waals surface area contributed by atoms with Crippen LogP contribution in [0, 0.1) is 0 Å². The highest BCUT2D eigenvalue weighted by molar-refractivity contribution is 5.90. The van der Waals surface area contributed by atoms with Crippen LogP contribution in [-0.4, -0.2) is 60.3 Å². The molecule has 1 N–H and O–H groups in total. The summed E-state index contributed by atoms with van der Waals surface area (Å²) in [6.07, 6.45) is -16.5. The highest BCUT2D eigenvalue weighted by atomic mass is 19.4. The fraction of sp³-hybridized carbons (Fsp3) is 0.769. The molecule has 0 saturated heterocycles. The Balaban J connectivity index is 5.72. The molecule has 0 aromatic carbocycles. The van der Waals surface area contributed by atoms with Gasteiger partial charge in [-0.1, -0.05) is 0 Å². The van der Waals surface area contributed by atoms with Gasteiger partial charge in [0.15, 0.2) is 6.04 Å². The second kappa shape index (κ2) is 8.61. The van der Waals surface area contributed by atoms with E-state index < -0.39 is 60.3 Å². The zero-order chi connectivity index (χ0) is 23.6. The lowest BCUT2D eigenvalue weighted by Crippen LogP contribution is -2.59. The molecule has 0 rings (SSSR count). The van der Waals surface area contributed by atoms with Gasteiger partial charge in [0.2, 0.25) is 0 Å². The van der Waals surface area contributed by atoms with Gasteiger partial charge in [-0.3, -0.25) is 4.79 Å². The van der Waals surface area contributed by atoms with Gasteiger partial charge in [-0.05, 0) is 20.8 Å². The Hall–Kier alpha value is -2.29. The Morgan fingerprint density at radius 1 is 0.724 bits per heavy atom. The zero-order valence-electron chi connectivity index (χ0n) is 14.6. The summed E-state index contributed by atoms with van der Waals surface area (Å²) in [6.45, 7) is 2.65. The van der Waals surface area contributed by atoms with Crippen molar-refractivity contribution in [3.8, 4) is 0 Å². The molecule has 0 aromatic rings. The van der Waals surface area contributed by atoms with Crippen LogP contribution in [-0.2, 0) is 23.9 Å². The Morgan fingerprint density at radius 3 is 1.48 bits per heavy atom. The first-order valence-corrected chi connectivity index (χ1v) is 7.27. The van der Waals surface area contributed by atoms with Crippen molar-refractivity contribution in [3.05, 3.63) is 0 Å². The van der Waals surface area contributed by atoms with Gasteiger partial charge in [0.1, 0.15) is 6.10 Å². The van der Waals surface area contributed by atoms with Gasteiger partial charge in [0.25, 0.3) is 0 Å². The van der Waals surface area contributed by atoms with Crippen molar-refractivity contribution in [3.63, 3.8) is 0 Å². The summed E-state index contributed by atoms with van der Waals surface area (Å²) in [5, 5.41) is 0.777. The first-order chi connectivity index (χ1) is 12.7. The van der Waals surface area contributed by atoms with Crippen LogP contribution in [0.4, 0.5) is 43.9 Å². The quantitative estimate of drug-likeness (QED) is 0.474. The Kier molecular flexibility index (Phi) is 7.93. The van der Waals surface area contributed by atoms with E-state index in [-0.39, 0.29) is 0 Å². The Labute approximate surface area is 155 Å². The van der Waals surface area contributed by atoms with Gasteiger partial charge < -0.3 is 14.8 Å². The summed E-state index contributed by atoms with van der Waals surface area (Å²) in [5.41, 5.74) is 0. The number of carbonyl (C=O) groups excluding carboxylic acids is 3. The molecule has 0 bridgehead atoms. The summed E-state index contributed by atoms with van der Waals surface area (Å²) in [7, 11) is 0. The lowest BCUT2D eigenvalue weighted by atomic mass is 10.1. The molecule has 0 spiro atoms. The average molecular weight is 453 g/mol. The van der Waals surface area contributed by atoms with Crippen molar-refractivity contribution in [1.82, 2.24) is 5.32 Å². The molecule has 29 heavy (non-hydrogen) atoms. The van der Waals surface area contributed by atoms with E-state index in [2.05, 4.69) is 9.47 Å². The predicted molar refractivity (Wildman–Crippen MR) is 70.7 cm³/mol. The first-order valence-electron chi connectivity index (χ1n) is 7.27. The highest BCUT2D eigenvalue weighted by Gasteiger charge is 2.66. The van der Waals surface area contributed by atoms with Gasteiger partial charge in [0.05, 0.1) is 6.10 Å². The maximum absolute atomic E-state index is 13.0. The molecule has 2 atom stereocenters. The van der Waals surface area contributed by atoms with Crippen molar-refractivity contribution in [2.75, 3.05) is 0 Å². The van der Waals surface area contributed by atoms with Gasteiger partial charge in [-0.15, -0.1) is 0 Å². The number of esters is 2. The molecule has 1 amide bonds. The topological polar surface area (TPSA) is 81.7 Å². The largest absolute Gasteiger partial charge is 0.465 e. The first kappa shape index (κ1) is 26.7. The number of ether oxygens (including phenoxy) is 2. The molecule has 0 radical (unpaired) electrons. The third kappa shape index (κ3) is 6.35. The minimum atomic E-state index is -6.44. The normalized spacial score (nSPS) is 15.5. The summed E-state index contributed by atoms with van der Waals surface area (Å²) in [6, 6.07) is -2.77. The van der Waals surface area contributed by atoms with E-state index in [0.29, 0.717) is 6.92 Å². The van der Waals surface area contributed by atoms with Crippen LogP contribution in [0.1, 0.15) is 20.8 Å². The monoisotopic (exact) mass is 453 g/mol. The van der Waals surface area contributed by atoms with E-state index in [1.54, 1.807) is 0 Å². The van der Waals surface area contributed by atoms with E-state index >= 15 is 0 Å². The van der Waals surface area contributed by atoms with Gasteiger partial charge >= 0.3 is 42.0 Å². The number of halogens is 10. The second-order valence-electron chi connectivity index (χ2n) is 5.69. The third-order valence-corrected chi connectivity index (χ3v) is 2.91. The summed E-state index contributed by atoms with van der Waals surface area (Å²) < 4.78 is 133. The fourth-order valence-electron chi connectivity index (χ4n) is 1.46. The van der Waals surface area contributed by atoms with Crippen LogP contribution in [0.15, 0.2) is 0 Å². The van der Waals surface area contributed by atoms with E-state index in [4.69, 9.17) is 0 Å². The average Bonchev–Trinajstić information content (AvgIpc) is 2.48. The number of amides is 1. The van der Waals surface area contributed by atoms with Crippen LogP contribution in [0.2, 0.25) is 0 Å². The van der Waals surface area contributed by atoms with Gasteiger partial charge in [-0.25, -0.2) is 9.59 Å². The summed E-state index contributed by atoms with van der Waals surface area (Å²) >= 11 is 0. The van der Waals surface area contributed by atoms with Gasteiger partial charge in [0, 0.05) is 0 Å².